The van der Waals surface area contributed by atoms with Crippen LogP contribution in [0.1, 0.15) is 12.5 Å². The average Bonchev–Trinajstić information content (AvgIpc) is 3.00. The van der Waals surface area contributed by atoms with Crippen LogP contribution >= 0.6 is 51.5 Å². The van der Waals surface area contributed by atoms with Crippen molar-refractivity contribution in [3.8, 4) is 11.5 Å². The number of nitrogens with zero attached hydrogens (tertiary/aromatic N) is 1. The van der Waals surface area contributed by atoms with Crippen molar-refractivity contribution in [1.29, 1.82) is 0 Å². The van der Waals surface area contributed by atoms with E-state index in [1.165, 1.54) is 23.8 Å². The first-order valence-electron chi connectivity index (χ1n) is 9.03. The van der Waals surface area contributed by atoms with Crippen LogP contribution in [0.25, 0.3) is 6.08 Å². The third-order valence-corrected chi connectivity index (χ3v) is 6.21. The number of rotatable bonds is 7. The Kier molecular flexibility index (Phi) is 7.99. The molecule has 162 valence electrons. The highest BCUT2D eigenvalue weighted by atomic mass is 79.9. The number of hydrogen-bond acceptors (Lipinski definition) is 7. The van der Waals surface area contributed by atoms with Gasteiger partial charge in [0.2, 0.25) is 0 Å². The predicted molar refractivity (Wildman–Crippen MR) is 130 cm³/mol. The summed E-state index contributed by atoms with van der Waals surface area (Å²) in [6.07, 6.45) is 1.72. The number of thiocarbonyl (C=S) groups is 1. The molecule has 6 nitrogen and oxygen atoms in total. The van der Waals surface area contributed by atoms with Crippen molar-refractivity contribution >= 4 is 79.5 Å². The van der Waals surface area contributed by atoms with Crippen LogP contribution in [-0.4, -0.2) is 36.5 Å². The molecule has 0 aromatic heterocycles. The van der Waals surface area contributed by atoms with Gasteiger partial charge in [0, 0.05) is 5.02 Å². The number of halogens is 2. The maximum atomic E-state index is 12.9. The van der Waals surface area contributed by atoms with Crippen molar-refractivity contribution in [2.75, 3.05) is 25.2 Å². The molecule has 0 atom stereocenters. The van der Waals surface area contributed by atoms with E-state index in [1.807, 2.05) is 0 Å². The van der Waals surface area contributed by atoms with Gasteiger partial charge in [0.25, 0.3) is 5.91 Å². The van der Waals surface area contributed by atoms with Crippen LogP contribution in [0.2, 0.25) is 5.02 Å². The summed E-state index contributed by atoms with van der Waals surface area (Å²) in [5, 5.41) is 0.576. The molecule has 0 unspecified atom stereocenters. The van der Waals surface area contributed by atoms with Crippen molar-refractivity contribution in [2.24, 2.45) is 0 Å². The molecule has 0 spiro atoms. The SMILES string of the molecule is CCOC(=O)COc1c(Br)cc(/C=C2/SC(=S)N(c3ccc(Cl)cc3)C2=O)cc1OC. The standard InChI is InChI=1S/C21H17BrClNO5S2/c1-3-28-18(25)11-29-19-15(22)8-12(9-16(19)27-2)10-17-20(26)24(21(30)31-17)14-6-4-13(23)5-7-14/h4-10H,3,11H2,1-2H3/b17-10+. The van der Waals surface area contributed by atoms with Crippen LogP contribution in [0, 0.1) is 0 Å². The van der Waals surface area contributed by atoms with Crippen LogP contribution in [0.3, 0.4) is 0 Å². The lowest BCUT2D eigenvalue weighted by Crippen LogP contribution is -2.27. The normalized spacial score (nSPS) is 14.8. The van der Waals surface area contributed by atoms with E-state index >= 15 is 0 Å². The molecule has 0 bridgehead atoms. The highest BCUT2D eigenvalue weighted by Gasteiger charge is 2.33. The quantitative estimate of drug-likeness (QED) is 0.262. The van der Waals surface area contributed by atoms with Crippen LogP contribution < -0.4 is 14.4 Å². The topological polar surface area (TPSA) is 65.1 Å². The number of thioether (sulfide) groups is 1. The highest BCUT2D eigenvalue weighted by molar-refractivity contribution is 9.10. The summed E-state index contributed by atoms with van der Waals surface area (Å²) in [5.41, 5.74) is 1.35. The van der Waals surface area contributed by atoms with Crippen LogP contribution in [-0.2, 0) is 14.3 Å². The molecule has 3 rings (SSSR count). The Bertz CT molecular complexity index is 1060. The summed E-state index contributed by atoms with van der Waals surface area (Å²) in [4.78, 5) is 26.5. The van der Waals surface area contributed by atoms with Gasteiger partial charge < -0.3 is 14.2 Å². The lowest BCUT2D eigenvalue weighted by atomic mass is 10.1. The van der Waals surface area contributed by atoms with Gasteiger partial charge in [-0.15, -0.1) is 0 Å². The summed E-state index contributed by atoms with van der Waals surface area (Å²) in [7, 11) is 1.49. The van der Waals surface area contributed by atoms with Crippen LogP contribution in [0.15, 0.2) is 45.8 Å². The fourth-order valence-corrected chi connectivity index (χ4v) is 4.73. The van der Waals surface area contributed by atoms with Crippen molar-refractivity contribution < 1.29 is 23.8 Å². The molecule has 1 heterocycles. The molecule has 0 saturated carbocycles. The molecule has 1 fully saturated rings. The number of ether oxygens (including phenoxy) is 3. The third-order valence-electron chi connectivity index (χ3n) is 4.07. The Balaban J connectivity index is 1.85. The molecule has 31 heavy (non-hydrogen) atoms. The molecule has 10 heteroatoms. The van der Waals surface area contributed by atoms with E-state index in [4.69, 9.17) is 38.0 Å². The number of hydrogen-bond donors (Lipinski definition) is 0. The Hall–Kier alpha value is -2.07. The fraction of sp³-hybridized carbons (Fsp3) is 0.190. The zero-order valence-electron chi connectivity index (χ0n) is 16.5. The summed E-state index contributed by atoms with van der Waals surface area (Å²) in [5.74, 6) is 0.0565. The van der Waals surface area contributed by atoms with Crippen molar-refractivity contribution in [3.05, 3.63) is 56.4 Å². The number of carbonyl (C=O) groups is 2. The first kappa shape index (κ1) is 23.6. The highest BCUT2D eigenvalue weighted by Crippen LogP contribution is 2.40. The molecule has 2 aromatic carbocycles. The number of carbonyl (C=O) groups excluding carboxylic acids is 2. The van der Waals surface area contributed by atoms with Gasteiger partial charge in [-0.1, -0.05) is 35.6 Å². The predicted octanol–water partition coefficient (Wildman–Crippen LogP) is 5.46. The third kappa shape index (κ3) is 5.60. The lowest BCUT2D eigenvalue weighted by molar-refractivity contribution is -0.145. The molecular weight excluding hydrogens is 526 g/mol. The van der Waals surface area contributed by atoms with Gasteiger partial charge in [-0.05, 0) is 70.9 Å². The number of methoxy groups -OCH3 is 1. The molecule has 1 aliphatic heterocycles. The van der Waals surface area contributed by atoms with E-state index in [-0.39, 0.29) is 19.1 Å². The van der Waals surface area contributed by atoms with E-state index in [0.717, 1.165) is 0 Å². The second-order valence-corrected chi connectivity index (χ2v) is 9.09. The van der Waals surface area contributed by atoms with Gasteiger partial charge in [-0.25, -0.2) is 4.79 Å². The first-order valence-corrected chi connectivity index (χ1v) is 11.4. The monoisotopic (exact) mass is 541 g/mol. The Morgan fingerprint density at radius 1 is 1.29 bits per heavy atom. The zero-order chi connectivity index (χ0) is 22.5. The second kappa shape index (κ2) is 10.5. The molecule has 1 saturated heterocycles. The number of esters is 1. The summed E-state index contributed by atoms with van der Waals surface area (Å²) in [6.45, 7) is 1.74. The van der Waals surface area contributed by atoms with Crippen molar-refractivity contribution in [2.45, 2.75) is 6.92 Å². The molecule has 0 N–H and O–H groups in total. The molecule has 0 aliphatic carbocycles. The van der Waals surface area contributed by atoms with E-state index < -0.39 is 5.97 Å². The van der Waals surface area contributed by atoms with E-state index in [1.54, 1.807) is 49.4 Å². The molecular formula is C21H17BrClNO5S2. The number of anilines is 1. The largest absolute Gasteiger partial charge is 0.493 e. The van der Waals surface area contributed by atoms with Crippen LogP contribution in [0.5, 0.6) is 11.5 Å². The van der Waals surface area contributed by atoms with Gasteiger partial charge in [-0.2, -0.15) is 0 Å². The molecule has 0 radical (unpaired) electrons. The van der Waals surface area contributed by atoms with Gasteiger partial charge in [-0.3, -0.25) is 9.69 Å². The van der Waals surface area contributed by atoms with Gasteiger partial charge in [0.1, 0.15) is 0 Å². The Morgan fingerprint density at radius 2 is 2.00 bits per heavy atom. The minimum Gasteiger partial charge on any atom is -0.493 e. The van der Waals surface area contributed by atoms with Crippen molar-refractivity contribution in [1.82, 2.24) is 0 Å². The lowest BCUT2D eigenvalue weighted by Gasteiger charge is -2.14. The average molecular weight is 543 g/mol. The zero-order valence-corrected chi connectivity index (χ0v) is 20.5. The van der Waals surface area contributed by atoms with Gasteiger partial charge in [0.15, 0.2) is 22.4 Å². The summed E-state index contributed by atoms with van der Waals surface area (Å²) < 4.78 is 16.8. The first-order chi connectivity index (χ1) is 14.8. The fourth-order valence-electron chi connectivity index (χ4n) is 2.73. The summed E-state index contributed by atoms with van der Waals surface area (Å²) >= 11 is 16.0. The number of amides is 1. The van der Waals surface area contributed by atoms with E-state index in [0.29, 0.717) is 41.5 Å². The molecule has 1 amide bonds. The van der Waals surface area contributed by atoms with Gasteiger partial charge in [0.05, 0.1) is 28.8 Å². The molecule has 1 aliphatic rings. The summed E-state index contributed by atoms with van der Waals surface area (Å²) in [6, 6.07) is 10.4. The molecule has 2 aromatic rings. The Morgan fingerprint density at radius 3 is 2.65 bits per heavy atom. The van der Waals surface area contributed by atoms with Gasteiger partial charge >= 0.3 is 5.97 Å². The Labute approximate surface area is 202 Å². The minimum atomic E-state index is -0.480. The maximum Gasteiger partial charge on any atom is 0.344 e. The van der Waals surface area contributed by atoms with Crippen LogP contribution in [0.4, 0.5) is 5.69 Å². The second-order valence-electron chi connectivity index (χ2n) is 6.12. The van der Waals surface area contributed by atoms with Crippen molar-refractivity contribution in [3.63, 3.8) is 0 Å². The van der Waals surface area contributed by atoms with E-state index in [2.05, 4.69) is 15.9 Å². The minimum absolute atomic E-state index is 0.227. The van der Waals surface area contributed by atoms with E-state index in [9.17, 15) is 9.59 Å². The smallest absolute Gasteiger partial charge is 0.344 e. The maximum absolute atomic E-state index is 12.9. The number of benzene rings is 2.